The Balaban J connectivity index is 2.30. The second kappa shape index (κ2) is 5.35. The van der Waals surface area contributed by atoms with Crippen LogP contribution in [0.4, 0.5) is 5.82 Å². The number of carboxylic acid groups (broad SMARTS) is 1. The van der Waals surface area contributed by atoms with Crippen molar-refractivity contribution in [2.45, 2.75) is 32.7 Å². The Morgan fingerprint density at radius 2 is 2.05 bits per heavy atom. The number of nitrogens with one attached hydrogen (secondary N) is 1. The summed E-state index contributed by atoms with van der Waals surface area (Å²) in [4.78, 5) is 11.3. The molecule has 1 fully saturated rings. The van der Waals surface area contributed by atoms with Crippen LogP contribution in [-0.4, -0.2) is 47.2 Å². The van der Waals surface area contributed by atoms with E-state index in [1.807, 2.05) is 0 Å². The fourth-order valence-electron chi connectivity index (χ4n) is 2.30. The standard InChI is InChI=1S/C12H17N3O4S/c1-7-8(2)14-15-11(10(7)12(16)17)13-9-4-3-5-20(18,19)6-9/h9H,3-6H2,1-2H3,(H,13,15)(H,16,17). The molecular formula is C12H17N3O4S. The maximum atomic E-state index is 11.6. The highest BCUT2D eigenvalue weighted by Crippen LogP contribution is 2.22. The molecule has 8 heteroatoms. The molecule has 1 atom stereocenters. The molecule has 2 rings (SSSR count). The van der Waals surface area contributed by atoms with E-state index in [-0.39, 0.29) is 28.9 Å². The van der Waals surface area contributed by atoms with Crippen LogP contribution in [0, 0.1) is 13.8 Å². The van der Waals surface area contributed by atoms with Crippen molar-refractivity contribution < 1.29 is 18.3 Å². The smallest absolute Gasteiger partial charge is 0.339 e. The molecule has 0 aromatic carbocycles. The van der Waals surface area contributed by atoms with Gasteiger partial charge in [0.1, 0.15) is 5.56 Å². The van der Waals surface area contributed by atoms with Gasteiger partial charge in [-0.25, -0.2) is 13.2 Å². The van der Waals surface area contributed by atoms with E-state index < -0.39 is 15.8 Å². The normalized spacial score (nSPS) is 21.4. The van der Waals surface area contributed by atoms with Crippen molar-refractivity contribution in [3.8, 4) is 0 Å². The Bertz CT molecular complexity index is 642. The van der Waals surface area contributed by atoms with Crippen LogP contribution < -0.4 is 5.32 Å². The van der Waals surface area contributed by atoms with E-state index >= 15 is 0 Å². The number of hydrogen-bond acceptors (Lipinski definition) is 6. The van der Waals surface area contributed by atoms with Gasteiger partial charge >= 0.3 is 5.97 Å². The van der Waals surface area contributed by atoms with Gasteiger partial charge in [-0.1, -0.05) is 0 Å². The Kier molecular flexibility index (Phi) is 3.94. The third-order valence-corrected chi connectivity index (χ3v) is 5.29. The Morgan fingerprint density at radius 3 is 2.65 bits per heavy atom. The third kappa shape index (κ3) is 3.06. The molecule has 0 aliphatic carbocycles. The predicted octanol–water partition coefficient (Wildman–Crippen LogP) is 0.781. The molecule has 1 aromatic rings. The first-order chi connectivity index (χ1) is 9.30. The summed E-state index contributed by atoms with van der Waals surface area (Å²) >= 11 is 0. The lowest BCUT2D eigenvalue weighted by Gasteiger charge is -2.24. The number of hydrogen-bond donors (Lipinski definition) is 2. The van der Waals surface area contributed by atoms with Crippen LogP contribution in [0.25, 0.3) is 0 Å². The first kappa shape index (κ1) is 14.7. The largest absolute Gasteiger partial charge is 0.478 e. The minimum atomic E-state index is -3.06. The molecule has 2 N–H and O–H groups in total. The van der Waals surface area contributed by atoms with Crippen molar-refractivity contribution in [1.82, 2.24) is 10.2 Å². The molecule has 1 aliphatic rings. The van der Waals surface area contributed by atoms with Gasteiger partial charge in [0.15, 0.2) is 15.7 Å². The second-order valence-corrected chi connectivity index (χ2v) is 7.27. The number of carbonyl (C=O) groups is 1. The lowest BCUT2D eigenvalue weighted by molar-refractivity contribution is 0.0696. The van der Waals surface area contributed by atoms with Crippen molar-refractivity contribution in [1.29, 1.82) is 0 Å². The van der Waals surface area contributed by atoms with E-state index in [1.54, 1.807) is 13.8 Å². The molecule has 0 spiro atoms. The lowest BCUT2D eigenvalue weighted by Crippen LogP contribution is -2.35. The number of nitrogens with zero attached hydrogens (tertiary/aromatic N) is 2. The van der Waals surface area contributed by atoms with E-state index in [2.05, 4.69) is 15.5 Å². The number of aromatic nitrogens is 2. The molecule has 7 nitrogen and oxygen atoms in total. The molecule has 20 heavy (non-hydrogen) atoms. The lowest BCUT2D eigenvalue weighted by atomic mass is 10.1. The van der Waals surface area contributed by atoms with Gasteiger partial charge in [0, 0.05) is 6.04 Å². The van der Waals surface area contributed by atoms with E-state index in [1.165, 1.54) is 0 Å². The maximum absolute atomic E-state index is 11.6. The summed E-state index contributed by atoms with van der Waals surface area (Å²) in [5.74, 6) is -0.764. The molecule has 0 saturated carbocycles. The quantitative estimate of drug-likeness (QED) is 0.848. The molecule has 1 unspecified atom stereocenters. The molecular weight excluding hydrogens is 282 g/mol. The summed E-state index contributed by atoms with van der Waals surface area (Å²) in [5.41, 5.74) is 1.14. The Labute approximate surface area is 117 Å². The van der Waals surface area contributed by atoms with Gasteiger partial charge in [0.2, 0.25) is 0 Å². The van der Waals surface area contributed by atoms with Crippen LogP contribution in [0.1, 0.15) is 34.5 Å². The zero-order valence-corrected chi connectivity index (χ0v) is 12.2. The van der Waals surface area contributed by atoms with Gasteiger partial charge in [-0.05, 0) is 32.3 Å². The van der Waals surface area contributed by atoms with Gasteiger partial charge in [-0.2, -0.15) is 5.10 Å². The van der Waals surface area contributed by atoms with Gasteiger partial charge < -0.3 is 10.4 Å². The molecule has 2 heterocycles. The summed E-state index contributed by atoms with van der Waals surface area (Å²) < 4.78 is 23.2. The zero-order valence-electron chi connectivity index (χ0n) is 11.4. The van der Waals surface area contributed by atoms with E-state index in [4.69, 9.17) is 0 Å². The van der Waals surface area contributed by atoms with Crippen LogP contribution in [0.15, 0.2) is 0 Å². The van der Waals surface area contributed by atoms with Crippen molar-refractivity contribution in [3.05, 3.63) is 16.8 Å². The van der Waals surface area contributed by atoms with Gasteiger partial charge in [-0.3, -0.25) is 0 Å². The average molecular weight is 299 g/mol. The highest BCUT2D eigenvalue weighted by Gasteiger charge is 2.27. The maximum Gasteiger partial charge on any atom is 0.339 e. The second-order valence-electron chi connectivity index (χ2n) is 5.04. The molecule has 110 valence electrons. The van der Waals surface area contributed by atoms with Crippen LogP contribution in [-0.2, 0) is 9.84 Å². The van der Waals surface area contributed by atoms with Crippen molar-refractivity contribution in [2.24, 2.45) is 0 Å². The Hall–Kier alpha value is -1.70. The molecule has 1 aromatic heterocycles. The van der Waals surface area contributed by atoms with E-state index in [0.717, 1.165) is 0 Å². The first-order valence-corrected chi connectivity index (χ1v) is 8.16. The molecule has 0 amide bonds. The summed E-state index contributed by atoms with van der Waals surface area (Å²) in [5, 5.41) is 20.0. The van der Waals surface area contributed by atoms with Crippen LogP contribution in [0.3, 0.4) is 0 Å². The van der Waals surface area contributed by atoms with Crippen molar-refractivity contribution in [2.75, 3.05) is 16.8 Å². The first-order valence-electron chi connectivity index (χ1n) is 6.34. The van der Waals surface area contributed by atoms with Crippen LogP contribution in [0.5, 0.6) is 0 Å². The van der Waals surface area contributed by atoms with Crippen LogP contribution >= 0.6 is 0 Å². The molecule has 0 radical (unpaired) electrons. The van der Waals surface area contributed by atoms with E-state index in [0.29, 0.717) is 24.1 Å². The topological polar surface area (TPSA) is 109 Å². The van der Waals surface area contributed by atoms with E-state index in [9.17, 15) is 18.3 Å². The summed E-state index contributed by atoms with van der Waals surface area (Å²) in [6.45, 7) is 3.35. The minimum absolute atomic E-state index is 0.000658. The number of carboxylic acids is 1. The fourth-order valence-corrected chi connectivity index (χ4v) is 3.94. The summed E-state index contributed by atoms with van der Waals surface area (Å²) in [6, 6.07) is -0.316. The molecule has 1 aliphatic heterocycles. The summed E-state index contributed by atoms with van der Waals surface area (Å²) in [7, 11) is -3.06. The number of aromatic carboxylic acids is 1. The minimum Gasteiger partial charge on any atom is -0.478 e. The number of aryl methyl sites for hydroxylation is 1. The van der Waals surface area contributed by atoms with Crippen LogP contribution in [0.2, 0.25) is 0 Å². The SMILES string of the molecule is Cc1nnc(NC2CCCS(=O)(=O)C2)c(C(=O)O)c1C. The molecule has 1 saturated heterocycles. The fraction of sp³-hybridized carbons (Fsp3) is 0.583. The predicted molar refractivity (Wildman–Crippen MR) is 73.8 cm³/mol. The number of sulfone groups is 1. The van der Waals surface area contributed by atoms with Gasteiger partial charge in [0.25, 0.3) is 0 Å². The average Bonchev–Trinajstić information content (AvgIpc) is 2.32. The monoisotopic (exact) mass is 299 g/mol. The van der Waals surface area contributed by atoms with Crippen molar-refractivity contribution in [3.63, 3.8) is 0 Å². The number of rotatable bonds is 3. The molecule has 0 bridgehead atoms. The van der Waals surface area contributed by atoms with Crippen molar-refractivity contribution >= 4 is 21.6 Å². The third-order valence-electron chi connectivity index (χ3n) is 3.47. The zero-order chi connectivity index (χ0) is 14.9. The highest BCUT2D eigenvalue weighted by atomic mass is 32.2. The van der Waals surface area contributed by atoms with Gasteiger partial charge in [-0.15, -0.1) is 5.10 Å². The highest BCUT2D eigenvalue weighted by molar-refractivity contribution is 7.91. The summed E-state index contributed by atoms with van der Waals surface area (Å²) in [6.07, 6.45) is 1.24. The Morgan fingerprint density at radius 1 is 1.35 bits per heavy atom. The number of anilines is 1. The van der Waals surface area contributed by atoms with Gasteiger partial charge in [0.05, 0.1) is 17.2 Å².